The number of pyridine rings is 3. The molecule has 12 rings (SSSR count). The van der Waals surface area contributed by atoms with Gasteiger partial charge in [0.25, 0.3) is 17.7 Å². The highest BCUT2D eigenvalue weighted by atomic mass is 19.2. The summed E-state index contributed by atoms with van der Waals surface area (Å²) in [4.78, 5) is 116. The van der Waals surface area contributed by atoms with E-state index in [0.29, 0.717) is 56.7 Å². The Hall–Kier alpha value is -9.21. The van der Waals surface area contributed by atoms with E-state index in [1.54, 1.807) is 20.8 Å². The van der Waals surface area contributed by atoms with Gasteiger partial charge in [0.2, 0.25) is 16.3 Å². The van der Waals surface area contributed by atoms with Crippen molar-refractivity contribution >= 4 is 35.1 Å². The predicted octanol–water partition coefficient (Wildman–Crippen LogP) is 7.11. The van der Waals surface area contributed by atoms with E-state index in [1.165, 1.54) is 45.2 Å². The Kier molecular flexibility index (Phi) is 18.2. The van der Waals surface area contributed by atoms with Gasteiger partial charge in [-0.2, -0.15) is 0 Å². The molecule has 94 heavy (non-hydrogen) atoms. The van der Waals surface area contributed by atoms with Crippen molar-refractivity contribution in [2.24, 2.45) is 16.2 Å². The van der Waals surface area contributed by atoms with Crippen LogP contribution in [0.1, 0.15) is 177 Å². The highest BCUT2D eigenvalue weighted by Crippen LogP contribution is 2.53. The number of benzene rings is 3. The molecule has 498 valence electrons. The lowest BCUT2D eigenvalue weighted by molar-refractivity contribution is -0.104. The second-order valence-corrected chi connectivity index (χ2v) is 25.7. The minimum absolute atomic E-state index is 0.0134. The first-order valence-electron chi connectivity index (χ1n) is 30.5. The number of fused-ring (bicyclic) bond motifs is 6. The fraction of sp³-hybridized carbons (Fsp3) is 0.418. The third kappa shape index (κ3) is 11.7. The number of carbonyl (C=O) groups is 6. The van der Waals surface area contributed by atoms with Crippen molar-refractivity contribution in [1.29, 1.82) is 0 Å². The van der Waals surface area contributed by atoms with Crippen LogP contribution in [0.2, 0.25) is 0 Å². The molecule has 0 radical (unpaired) electrons. The number of rotatable bonds is 10. The van der Waals surface area contributed by atoms with Crippen molar-refractivity contribution in [2.45, 2.75) is 154 Å². The van der Waals surface area contributed by atoms with E-state index in [2.05, 4.69) is 16.0 Å². The first-order valence-corrected chi connectivity index (χ1v) is 30.5. The zero-order chi connectivity index (χ0) is 68.4. The minimum atomic E-state index is -1.36. The number of aromatic hydroxyl groups is 2. The Morgan fingerprint density at radius 2 is 0.723 bits per heavy atom. The molecule has 3 fully saturated rings. The number of aromatic nitrogens is 3. The van der Waals surface area contributed by atoms with Crippen LogP contribution in [0.3, 0.4) is 0 Å². The van der Waals surface area contributed by atoms with Crippen LogP contribution in [0, 0.1) is 51.1 Å². The molecule has 3 aliphatic heterocycles. The summed E-state index contributed by atoms with van der Waals surface area (Å²) in [6.07, 6.45) is 10.6. The van der Waals surface area contributed by atoms with Crippen LogP contribution in [-0.4, -0.2) is 98.2 Å². The van der Waals surface area contributed by atoms with Crippen LogP contribution in [-0.2, 0) is 39.3 Å². The Bertz CT molecular complexity index is 4180. The van der Waals surface area contributed by atoms with E-state index in [9.17, 15) is 95.0 Å². The highest BCUT2D eigenvalue weighted by Gasteiger charge is 2.60. The molecule has 8 N–H and O–H groups in total. The lowest BCUT2D eigenvalue weighted by Gasteiger charge is -2.51. The lowest BCUT2D eigenvalue weighted by atomic mass is 9.59. The standard InChI is InChI=1S/C23H24F2N2O5.2C22H22F2N2O5/c1-22-7-3-4-8-23(22,31)12-27-11-15(18(28)19(32-2)17(27)20(22)29)21(30)26-10-13-5-6-14(24)9-16(13)25;2*1-21-6-2-3-7-22(21,31)11-26-10-14(17(27)18(28)16(26)19(21)29)20(30)25-9-12-4-5-13(23)8-15(12)24/h5-6,9,11,31H,3-4,7-8,10,12H2,1-2H3,(H,26,30);2*4-5,8,10,28,31H,2-3,6-7,9,11H2,1H3,(H,25,30)/t22-,23-;2*21-,22-/m110/s1. The van der Waals surface area contributed by atoms with Gasteiger partial charge in [-0.05, 0) is 77.5 Å². The zero-order valence-electron chi connectivity index (χ0n) is 51.6. The summed E-state index contributed by atoms with van der Waals surface area (Å²) in [5.41, 5.74) is -11.7. The summed E-state index contributed by atoms with van der Waals surface area (Å²) in [5, 5.41) is 61.8. The Labute approximate surface area is 532 Å². The Balaban J connectivity index is 0.000000154. The number of nitrogens with zero attached hydrogens (tertiary/aromatic N) is 3. The third-order valence-corrected chi connectivity index (χ3v) is 20.1. The summed E-state index contributed by atoms with van der Waals surface area (Å²) in [5.74, 6) is -10.8. The van der Waals surface area contributed by atoms with Gasteiger partial charge in [-0.1, -0.05) is 56.7 Å². The maximum Gasteiger partial charge on any atom is 0.257 e. The second-order valence-electron chi connectivity index (χ2n) is 25.7. The first-order chi connectivity index (χ1) is 44.3. The van der Waals surface area contributed by atoms with Gasteiger partial charge >= 0.3 is 0 Å². The summed E-state index contributed by atoms with van der Waals surface area (Å²) >= 11 is 0. The van der Waals surface area contributed by atoms with E-state index in [4.69, 9.17) is 4.74 Å². The molecule has 3 aliphatic carbocycles. The molecule has 0 bridgehead atoms. The maximum atomic E-state index is 13.9. The van der Waals surface area contributed by atoms with Gasteiger partial charge in [-0.15, -0.1) is 0 Å². The van der Waals surface area contributed by atoms with Crippen molar-refractivity contribution in [1.82, 2.24) is 29.7 Å². The maximum absolute atomic E-state index is 13.9. The van der Waals surface area contributed by atoms with E-state index in [-0.39, 0.29) is 90.1 Å². The molecule has 0 spiro atoms. The summed E-state index contributed by atoms with van der Waals surface area (Å²) in [6.45, 7) is 4.03. The first kappa shape index (κ1) is 67.7. The van der Waals surface area contributed by atoms with E-state index in [1.807, 2.05) is 0 Å². The number of aliphatic hydroxyl groups is 3. The average molecular weight is 1310 g/mol. The third-order valence-electron chi connectivity index (χ3n) is 20.1. The van der Waals surface area contributed by atoms with Gasteiger partial charge in [-0.25, -0.2) is 26.3 Å². The smallest absolute Gasteiger partial charge is 0.257 e. The summed E-state index contributed by atoms with van der Waals surface area (Å²) in [6, 6.07) is 8.73. The monoisotopic (exact) mass is 1310 g/mol. The van der Waals surface area contributed by atoms with Crippen LogP contribution in [0.4, 0.5) is 26.3 Å². The molecule has 6 aromatic rings. The number of halogens is 6. The average Bonchev–Trinajstić information content (AvgIpc) is 0.729. The molecule has 3 amide bonds. The molecule has 21 nitrogen and oxygen atoms in total. The molecule has 3 aromatic carbocycles. The zero-order valence-corrected chi connectivity index (χ0v) is 51.6. The fourth-order valence-electron chi connectivity index (χ4n) is 14.1. The van der Waals surface area contributed by atoms with Crippen LogP contribution >= 0.6 is 0 Å². The number of Topliss-reactive ketones (excluding diaryl/α,β-unsaturated/α-hetero) is 3. The molecule has 0 unspecified atom stereocenters. The number of ether oxygens (including phenoxy) is 1. The molecule has 6 atom stereocenters. The number of nitrogens with one attached hydrogen (secondary N) is 3. The molecule has 6 heterocycles. The lowest BCUT2D eigenvalue weighted by Crippen LogP contribution is -2.60. The van der Waals surface area contributed by atoms with Crippen molar-refractivity contribution < 1.29 is 85.4 Å². The van der Waals surface area contributed by atoms with Gasteiger partial charge in [0.15, 0.2) is 34.6 Å². The van der Waals surface area contributed by atoms with E-state index >= 15 is 0 Å². The topological polar surface area (TPSA) is 315 Å². The molecular formula is C67H68F6N6O15. The SMILES string of the molecule is COc1c2n(cc(C(=O)NCc3ccc(F)cc3F)c1=O)C[C@]1(O)CCCC[C@]1(C)C2=O.C[C@@]12CCCC[C@]1(O)Cn1cc(C(=O)NCc3ccc(F)cc3F)c(=O)c(O)c1C2=O.C[C@]12CCCC[C@@]1(O)Cn1cc(C(=O)NCc3ccc(F)cc3F)c(=O)c(O)c1C2=O. The van der Waals surface area contributed by atoms with Gasteiger partial charge in [0, 0.05) is 73.1 Å². The molecule has 6 aliphatic rings. The van der Waals surface area contributed by atoms with Gasteiger partial charge < -0.3 is 59.9 Å². The van der Waals surface area contributed by atoms with Gasteiger partial charge in [0.1, 0.15) is 68.7 Å². The quantitative estimate of drug-likeness (QED) is 0.0634. The Morgan fingerprint density at radius 1 is 0.447 bits per heavy atom. The fourth-order valence-corrected chi connectivity index (χ4v) is 14.1. The summed E-state index contributed by atoms with van der Waals surface area (Å²) in [7, 11) is 1.24. The number of hydrogen-bond donors (Lipinski definition) is 8. The van der Waals surface area contributed by atoms with Crippen molar-refractivity contribution in [2.75, 3.05) is 7.11 Å². The number of ketones is 3. The number of carbonyl (C=O) groups excluding carboxylic acids is 6. The van der Waals surface area contributed by atoms with Crippen LogP contribution in [0.5, 0.6) is 17.2 Å². The summed E-state index contributed by atoms with van der Waals surface area (Å²) < 4.78 is 89.7. The molecule has 0 saturated heterocycles. The largest absolute Gasteiger partial charge is 0.503 e. The van der Waals surface area contributed by atoms with Crippen LogP contribution in [0.25, 0.3) is 0 Å². The molecule has 27 heteroatoms. The highest BCUT2D eigenvalue weighted by molar-refractivity contribution is 6.06. The van der Waals surface area contributed by atoms with Gasteiger partial charge in [-0.3, -0.25) is 43.2 Å². The van der Waals surface area contributed by atoms with Crippen LogP contribution in [0.15, 0.2) is 87.6 Å². The minimum Gasteiger partial charge on any atom is -0.503 e. The van der Waals surface area contributed by atoms with E-state index in [0.717, 1.165) is 69.1 Å². The molecular weight excluding hydrogens is 1240 g/mol. The van der Waals surface area contributed by atoms with Crippen molar-refractivity contribution in [3.63, 3.8) is 0 Å². The molecule has 3 saturated carbocycles. The number of amides is 3. The van der Waals surface area contributed by atoms with E-state index < -0.39 is 136 Å². The molecule has 3 aromatic heterocycles. The number of methoxy groups -OCH3 is 1. The van der Waals surface area contributed by atoms with Crippen LogP contribution < -0.4 is 37.0 Å². The van der Waals surface area contributed by atoms with Crippen molar-refractivity contribution in [3.05, 3.63) is 189 Å². The predicted molar refractivity (Wildman–Crippen MR) is 322 cm³/mol. The van der Waals surface area contributed by atoms with Crippen molar-refractivity contribution in [3.8, 4) is 17.2 Å². The second kappa shape index (κ2) is 25.3. The normalized spacial score (nSPS) is 24.8. The van der Waals surface area contributed by atoms with Gasteiger partial charge in [0.05, 0.1) is 59.8 Å². The Morgan fingerprint density at radius 3 is 1.02 bits per heavy atom. The number of hydrogen-bond acceptors (Lipinski definition) is 15.